The molecule has 0 heterocycles. The molecule has 0 bridgehead atoms. The van der Waals surface area contributed by atoms with Crippen molar-refractivity contribution in [3.8, 4) is 0 Å². The van der Waals surface area contributed by atoms with Gasteiger partial charge in [0.2, 0.25) is 0 Å². The summed E-state index contributed by atoms with van der Waals surface area (Å²) >= 11 is 0. The van der Waals surface area contributed by atoms with E-state index in [4.69, 9.17) is 0 Å². The van der Waals surface area contributed by atoms with Crippen LogP contribution in [-0.2, 0) is 4.79 Å². The fourth-order valence-corrected chi connectivity index (χ4v) is 3.49. The molecule has 2 aliphatic carbocycles. The van der Waals surface area contributed by atoms with E-state index in [1.54, 1.807) is 0 Å². The predicted octanol–water partition coefficient (Wildman–Crippen LogP) is 3.46. The minimum Gasteiger partial charge on any atom is -0.481 e. The first-order valence-electron chi connectivity index (χ1n) is 6.50. The van der Waals surface area contributed by atoms with E-state index in [1.807, 2.05) is 0 Å². The number of aliphatic carboxylic acids is 1. The fourth-order valence-electron chi connectivity index (χ4n) is 3.49. The second-order valence-electron chi connectivity index (χ2n) is 5.38. The average Bonchev–Trinajstić information content (AvgIpc) is 2.71. The molecule has 2 aliphatic rings. The highest BCUT2D eigenvalue weighted by Gasteiger charge is 2.32. The van der Waals surface area contributed by atoms with Crippen LogP contribution in [0.5, 0.6) is 0 Å². The molecule has 2 unspecified atom stereocenters. The van der Waals surface area contributed by atoms with Gasteiger partial charge in [0.15, 0.2) is 0 Å². The number of carbonyl (C=O) groups is 1. The van der Waals surface area contributed by atoms with Crippen LogP contribution in [0.4, 0.5) is 0 Å². The fraction of sp³-hybridized carbons (Fsp3) is 0.923. The lowest BCUT2D eigenvalue weighted by Crippen LogP contribution is -2.28. The molecular formula is C13H22O2. The van der Waals surface area contributed by atoms with Crippen LogP contribution in [0, 0.1) is 17.8 Å². The molecule has 1 N–H and O–H groups in total. The Labute approximate surface area is 92.1 Å². The van der Waals surface area contributed by atoms with E-state index in [0.29, 0.717) is 5.92 Å². The number of carboxylic acid groups (broad SMARTS) is 1. The van der Waals surface area contributed by atoms with Crippen molar-refractivity contribution in [1.29, 1.82) is 0 Å². The van der Waals surface area contributed by atoms with Gasteiger partial charge in [-0.2, -0.15) is 0 Å². The summed E-state index contributed by atoms with van der Waals surface area (Å²) in [5, 5.41) is 9.18. The second kappa shape index (κ2) is 5.00. The molecular weight excluding hydrogens is 188 g/mol. The Kier molecular flexibility index (Phi) is 3.66. The third-order valence-corrected chi connectivity index (χ3v) is 4.34. The molecule has 0 radical (unpaired) electrons. The zero-order chi connectivity index (χ0) is 10.7. The lowest BCUT2D eigenvalue weighted by Gasteiger charge is -2.30. The predicted molar refractivity (Wildman–Crippen MR) is 59.7 cm³/mol. The SMILES string of the molecule is O=C(O)C1CCCCC1CC1CCCC1. The van der Waals surface area contributed by atoms with Crippen molar-refractivity contribution in [1.82, 2.24) is 0 Å². The minimum atomic E-state index is -0.544. The van der Waals surface area contributed by atoms with Crippen LogP contribution in [0.1, 0.15) is 57.8 Å². The Morgan fingerprint density at radius 3 is 2.27 bits per heavy atom. The Morgan fingerprint density at radius 2 is 1.60 bits per heavy atom. The Morgan fingerprint density at radius 1 is 1.00 bits per heavy atom. The van der Waals surface area contributed by atoms with Crippen molar-refractivity contribution in [2.45, 2.75) is 57.8 Å². The molecule has 2 atom stereocenters. The van der Waals surface area contributed by atoms with E-state index >= 15 is 0 Å². The summed E-state index contributed by atoms with van der Waals surface area (Å²) in [5.74, 6) is 0.756. The molecule has 0 aromatic rings. The van der Waals surface area contributed by atoms with Gasteiger partial charge >= 0.3 is 5.97 Å². The molecule has 2 fully saturated rings. The molecule has 2 rings (SSSR count). The van der Waals surface area contributed by atoms with E-state index in [1.165, 1.54) is 38.5 Å². The number of carboxylic acids is 1. The third kappa shape index (κ3) is 2.73. The Balaban J connectivity index is 1.89. The lowest BCUT2D eigenvalue weighted by molar-refractivity contribution is -0.145. The van der Waals surface area contributed by atoms with E-state index in [-0.39, 0.29) is 5.92 Å². The maximum absolute atomic E-state index is 11.1. The quantitative estimate of drug-likeness (QED) is 0.774. The van der Waals surface area contributed by atoms with E-state index in [0.717, 1.165) is 25.2 Å². The van der Waals surface area contributed by atoms with Crippen molar-refractivity contribution in [3.63, 3.8) is 0 Å². The van der Waals surface area contributed by atoms with Crippen LogP contribution in [0.25, 0.3) is 0 Å². The van der Waals surface area contributed by atoms with Crippen molar-refractivity contribution < 1.29 is 9.90 Å². The van der Waals surface area contributed by atoms with Gasteiger partial charge in [-0.1, -0.05) is 38.5 Å². The highest BCUT2D eigenvalue weighted by atomic mass is 16.4. The second-order valence-corrected chi connectivity index (χ2v) is 5.38. The molecule has 0 spiro atoms. The van der Waals surface area contributed by atoms with Crippen LogP contribution in [0.2, 0.25) is 0 Å². The number of rotatable bonds is 3. The molecule has 86 valence electrons. The van der Waals surface area contributed by atoms with Gasteiger partial charge in [0.1, 0.15) is 0 Å². The van der Waals surface area contributed by atoms with Crippen LogP contribution in [-0.4, -0.2) is 11.1 Å². The summed E-state index contributed by atoms with van der Waals surface area (Å²) < 4.78 is 0. The number of hydrogen-bond acceptors (Lipinski definition) is 1. The third-order valence-electron chi connectivity index (χ3n) is 4.34. The first kappa shape index (κ1) is 11.0. The largest absolute Gasteiger partial charge is 0.481 e. The lowest BCUT2D eigenvalue weighted by atomic mass is 9.74. The topological polar surface area (TPSA) is 37.3 Å². The summed E-state index contributed by atoms with van der Waals surface area (Å²) in [6, 6.07) is 0. The summed E-state index contributed by atoms with van der Waals surface area (Å²) in [6.45, 7) is 0. The van der Waals surface area contributed by atoms with Gasteiger partial charge in [-0.15, -0.1) is 0 Å². The van der Waals surface area contributed by atoms with E-state index in [9.17, 15) is 9.90 Å². The van der Waals surface area contributed by atoms with Crippen LogP contribution < -0.4 is 0 Å². The summed E-state index contributed by atoms with van der Waals surface area (Å²) in [4.78, 5) is 11.1. The molecule has 2 heteroatoms. The highest BCUT2D eigenvalue weighted by Crippen LogP contribution is 2.39. The normalized spacial score (nSPS) is 33.1. The molecule has 0 aromatic carbocycles. The van der Waals surface area contributed by atoms with Crippen molar-refractivity contribution in [2.24, 2.45) is 17.8 Å². The highest BCUT2D eigenvalue weighted by molar-refractivity contribution is 5.70. The van der Waals surface area contributed by atoms with E-state index < -0.39 is 5.97 Å². The number of hydrogen-bond donors (Lipinski definition) is 1. The van der Waals surface area contributed by atoms with Crippen molar-refractivity contribution in [2.75, 3.05) is 0 Å². The standard InChI is InChI=1S/C13H22O2/c14-13(15)12-8-4-3-7-11(12)9-10-5-1-2-6-10/h10-12H,1-9H2,(H,14,15). The Hall–Kier alpha value is -0.530. The van der Waals surface area contributed by atoms with Crippen LogP contribution in [0.15, 0.2) is 0 Å². The van der Waals surface area contributed by atoms with Crippen molar-refractivity contribution >= 4 is 5.97 Å². The molecule has 0 aliphatic heterocycles. The molecule has 2 saturated carbocycles. The van der Waals surface area contributed by atoms with Gasteiger partial charge in [0.05, 0.1) is 5.92 Å². The van der Waals surface area contributed by atoms with E-state index in [2.05, 4.69) is 0 Å². The first-order chi connectivity index (χ1) is 7.27. The molecule has 15 heavy (non-hydrogen) atoms. The van der Waals surface area contributed by atoms with Crippen molar-refractivity contribution in [3.05, 3.63) is 0 Å². The Bertz CT molecular complexity index is 219. The summed E-state index contributed by atoms with van der Waals surface area (Å²) in [5.41, 5.74) is 0. The van der Waals surface area contributed by atoms with Gasteiger partial charge in [-0.3, -0.25) is 4.79 Å². The summed E-state index contributed by atoms with van der Waals surface area (Å²) in [7, 11) is 0. The van der Waals surface area contributed by atoms with Gasteiger partial charge in [-0.05, 0) is 31.1 Å². The average molecular weight is 210 g/mol. The van der Waals surface area contributed by atoms with Crippen LogP contribution >= 0.6 is 0 Å². The molecule has 2 nitrogen and oxygen atoms in total. The maximum Gasteiger partial charge on any atom is 0.306 e. The van der Waals surface area contributed by atoms with Crippen LogP contribution in [0.3, 0.4) is 0 Å². The molecule has 0 saturated heterocycles. The molecule has 0 aromatic heterocycles. The van der Waals surface area contributed by atoms with Gasteiger partial charge in [-0.25, -0.2) is 0 Å². The monoisotopic (exact) mass is 210 g/mol. The molecule has 0 amide bonds. The zero-order valence-electron chi connectivity index (χ0n) is 9.45. The maximum atomic E-state index is 11.1. The first-order valence-corrected chi connectivity index (χ1v) is 6.50. The summed E-state index contributed by atoms with van der Waals surface area (Å²) in [6.07, 6.45) is 11.1. The van der Waals surface area contributed by atoms with Gasteiger partial charge in [0, 0.05) is 0 Å². The zero-order valence-corrected chi connectivity index (χ0v) is 9.45. The van der Waals surface area contributed by atoms with Gasteiger partial charge < -0.3 is 5.11 Å². The minimum absolute atomic E-state index is 0.0284. The smallest absolute Gasteiger partial charge is 0.306 e. The van der Waals surface area contributed by atoms with Gasteiger partial charge in [0.25, 0.3) is 0 Å².